The average molecular weight is 372 g/mol. The highest BCUT2D eigenvalue weighted by atomic mass is 79.9. The van der Waals surface area contributed by atoms with E-state index in [1.54, 1.807) is 30.3 Å². The molecule has 0 saturated heterocycles. The smallest absolute Gasteiger partial charge is 0.250 e. The van der Waals surface area contributed by atoms with Gasteiger partial charge in [0.2, 0.25) is 5.91 Å². The van der Waals surface area contributed by atoms with Gasteiger partial charge in [0.1, 0.15) is 5.82 Å². The zero-order chi connectivity index (χ0) is 15.6. The summed E-state index contributed by atoms with van der Waals surface area (Å²) >= 11 is 9.07. The van der Waals surface area contributed by atoms with Crippen LogP contribution >= 0.6 is 27.5 Å². The van der Waals surface area contributed by atoms with Crippen LogP contribution in [0.3, 0.4) is 0 Å². The molecule has 0 fully saturated rings. The van der Waals surface area contributed by atoms with Crippen molar-refractivity contribution in [2.24, 2.45) is 5.73 Å². The molecule has 3 N–H and O–H groups in total. The highest BCUT2D eigenvalue weighted by molar-refractivity contribution is 9.10. The molecule has 6 heteroatoms. The number of rotatable bonds is 4. The third kappa shape index (κ3) is 3.74. The predicted octanol–water partition coefficient (Wildman–Crippen LogP) is 4.51. The standard InChI is InChI=1S/C15H13BrClFN2O/c1-8(9-2-5-14(18)12(16)6-9)20-10-3-4-13(17)11(7-10)15(19)21/h2-8,20H,1H3,(H2,19,21). The second kappa shape index (κ2) is 6.45. The molecule has 0 radical (unpaired) electrons. The van der Waals surface area contributed by atoms with Gasteiger partial charge in [-0.3, -0.25) is 4.79 Å². The molecule has 21 heavy (non-hydrogen) atoms. The molecule has 0 saturated carbocycles. The van der Waals surface area contributed by atoms with Gasteiger partial charge in [-0.15, -0.1) is 0 Å². The first-order valence-electron chi connectivity index (χ1n) is 6.19. The van der Waals surface area contributed by atoms with E-state index in [1.165, 1.54) is 6.07 Å². The molecule has 0 aliphatic rings. The number of anilines is 1. The first kappa shape index (κ1) is 15.8. The summed E-state index contributed by atoms with van der Waals surface area (Å²) in [6, 6.07) is 9.68. The van der Waals surface area contributed by atoms with Crippen LogP contribution in [0.25, 0.3) is 0 Å². The molecule has 2 rings (SSSR count). The molecule has 0 bridgehead atoms. The van der Waals surface area contributed by atoms with Crippen LogP contribution in [0.2, 0.25) is 5.02 Å². The number of carbonyl (C=O) groups is 1. The molecule has 110 valence electrons. The van der Waals surface area contributed by atoms with Crippen molar-refractivity contribution in [3.05, 3.63) is 62.8 Å². The quantitative estimate of drug-likeness (QED) is 0.830. The van der Waals surface area contributed by atoms with Gasteiger partial charge in [0.25, 0.3) is 0 Å². The number of hydrogen-bond donors (Lipinski definition) is 2. The molecule has 1 amide bonds. The van der Waals surface area contributed by atoms with Crippen LogP contribution < -0.4 is 11.1 Å². The Bertz CT molecular complexity index is 693. The van der Waals surface area contributed by atoms with Gasteiger partial charge in [0.05, 0.1) is 15.1 Å². The minimum Gasteiger partial charge on any atom is -0.378 e. The Morgan fingerprint density at radius 1 is 1.33 bits per heavy atom. The molecule has 0 aromatic heterocycles. The van der Waals surface area contributed by atoms with Crippen molar-refractivity contribution < 1.29 is 9.18 Å². The molecule has 3 nitrogen and oxygen atoms in total. The van der Waals surface area contributed by atoms with Crippen molar-refractivity contribution in [3.63, 3.8) is 0 Å². The Hall–Kier alpha value is -1.59. The van der Waals surface area contributed by atoms with Crippen molar-refractivity contribution in [1.29, 1.82) is 0 Å². The number of nitrogens with two attached hydrogens (primary N) is 1. The second-order valence-electron chi connectivity index (χ2n) is 4.60. The van der Waals surface area contributed by atoms with Crippen molar-refractivity contribution in [1.82, 2.24) is 0 Å². The van der Waals surface area contributed by atoms with E-state index in [4.69, 9.17) is 17.3 Å². The minimum absolute atomic E-state index is 0.0798. The van der Waals surface area contributed by atoms with Crippen LogP contribution in [0.1, 0.15) is 28.9 Å². The van der Waals surface area contributed by atoms with Gasteiger partial charge in [-0.25, -0.2) is 4.39 Å². The normalized spacial score (nSPS) is 12.0. The summed E-state index contributed by atoms with van der Waals surface area (Å²) in [5.41, 5.74) is 7.13. The Morgan fingerprint density at radius 3 is 2.67 bits per heavy atom. The van der Waals surface area contributed by atoms with Gasteiger partial charge in [0, 0.05) is 11.7 Å². The largest absolute Gasteiger partial charge is 0.378 e. The highest BCUT2D eigenvalue weighted by Gasteiger charge is 2.11. The molecule has 2 aromatic rings. The summed E-state index contributed by atoms with van der Waals surface area (Å²) in [6.45, 7) is 1.93. The second-order valence-corrected chi connectivity index (χ2v) is 5.86. The lowest BCUT2D eigenvalue weighted by Crippen LogP contribution is -2.13. The number of amides is 1. The number of benzene rings is 2. The number of nitrogens with one attached hydrogen (secondary N) is 1. The first-order chi connectivity index (χ1) is 9.88. The number of carbonyl (C=O) groups excluding carboxylic acids is 1. The fourth-order valence-electron chi connectivity index (χ4n) is 1.92. The van der Waals surface area contributed by atoms with Crippen molar-refractivity contribution in [2.45, 2.75) is 13.0 Å². The van der Waals surface area contributed by atoms with Crippen LogP contribution in [0.15, 0.2) is 40.9 Å². The Kier molecular flexibility index (Phi) is 4.85. The van der Waals surface area contributed by atoms with E-state index < -0.39 is 5.91 Å². The minimum atomic E-state index is -0.583. The maximum absolute atomic E-state index is 13.2. The van der Waals surface area contributed by atoms with Crippen LogP contribution in [-0.4, -0.2) is 5.91 Å². The lowest BCUT2D eigenvalue weighted by atomic mass is 10.1. The van der Waals surface area contributed by atoms with E-state index in [-0.39, 0.29) is 17.4 Å². The first-order valence-corrected chi connectivity index (χ1v) is 7.36. The van der Waals surface area contributed by atoms with Gasteiger partial charge in [-0.1, -0.05) is 17.7 Å². The SMILES string of the molecule is CC(Nc1ccc(Cl)c(C(N)=O)c1)c1ccc(F)c(Br)c1. The summed E-state index contributed by atoms with van der Waals surface area (Å²) in [5, 5.41) is 3.53. The van der Waals surface area contributed by atoms with E-state index in [2.05, 4.69) is 21.2 Å². The summed E-state index contributed by atoms with van der Waals surface area (Å²) < 4.78 is 13.6. The molecular weight excluding hydrogens is 359 g/mol. The maximum atomic E-state index is 13.2. The number of halogens is 3. The monoisotopic (exact) mass is 370 g/mol. The van der Waals surface area contributed by atoms with Gasteiger partial charge in [-0.2, -0.15) is 0 Å². The van der Waals surface area contributed by atoms with Gasteiger partial charge >= 0.3 is 0 Å². The molecule has 2 aromatic carbocycles. The van der Waals surface area contributed by atoms with Crippen molar-refractivity contribution in [2.75, 3.05) is 5.32 Å². The van der Waals surface area contributed by atoms with E-state index in [0.29, 0.717) is 15.2 Å². The molecule has 0 aliphatic carbocycles. The zero-order valence-corrected chi connectivity index (χ0v) is 13.5. The van der Waals surface area contributed by atoms with Crippen LogP contribution in [0.4, 0.5) is 10.1 Å². The number of primary amides is 1. The van der Waals surface area contributed by atoms with Gasteiger partial charge in [-0.05, 0) is 58.7 Å². The molecule has 0 heterocycles. The van der Waals surface area contributed by atoms with E-state index in [9.17, 15) is 9.18 Å². The topological polar surface area (TPSA) is 55.1 Å². The van der Waals surface area contributed by atoms with Crippen LogP contribution in [0.5, 0.6) is 0 Å². The molecule has 1 unspecified atom stereocenters. The van der Waals surface area contributed by atoms with Gasteiger partial charge in [0.15, 0.2) is 0 Å². The molecular formula is C15H13BrClFN2O. The zero-order valence-electron chi connectivity index (χ0n) is 11.2. The third-order valence-electron chi connectivity index (χ3n) is 3.06. The van der Waals surface area contributed by atoms with E-state index >= 15 is 0 Å². The van der Waals surface area contributed by atoms with E-state index in [1.807, 2.05) is 6.92 Å². The summed E-state index contributed by atoms with van der Waals surface area (Å²) in [4.78, 5) is 11.3. The lowest BCUT2D eigenvalue weighted by Gasteiger charge is -2.17. The Morgan fingerprint density at radius 2 is 2.05 bits per heavy atom. The summed E-state index contributed by atoms with van der Waals surface area (Å²) in [5.74, 6) is -0.894. The van der Waals surface area contributed by atoms with Gasteiger partial charge < -0.3 is 11.1 Å². The van der Waals surface area contributed by atoms with E-state index in [0.717, 1.165) is 5.56 Å². The molecule has 1 atom stereocenters. The third-order valence-corrected chi connectivity index (χ3v) is 4.00. The van der Waals surface area contributed by atoms with Crippen molar-refractivity contribution >= 4 is 39.1 Å². The summed E-state index contributed by atoms with van der Waals surface area (Å²) in [7, 11) is 0. The fraction of sp³-hybridized carbons (Fsp3) is 0.133. The lowest BCUT2D eigenvalue weighted by molar-refractivity contribution is 0.100. The summed E-state index contributed by atoms with van der Waals surface area (Å²) in [6.07, 6.45) is 0. The molecule has 0 spiro atoms. The average Bonchev–Trinajstić information content (AvgIpc) is 2.43. The molecule has 0 aliphatic heterocycles. The highest BCUT2D eigenvalue weighted by Crippen LogP contribution is 2.26. The predicted molar refractivity (Wildman–Crippen MR) is 86.1 cm³/mol. The Labute approximate surface area is 135 Å². The number of hydrogen-bond acceptors (Lipinski definition) is 2. The Balaban J connectivity index is 2.23. The fourth-order valence-corrected chi connectivity index (χ4v) is 2.53. The van der Waals surface area contributed by atoms with Crippen LogP contribution in [-0.2, 0) is 0 Å². The van der Waals surface area contributed by atoms with Crippen molar-refractivity contribution in [3.8, 4) is 0 Å². The maximum Gasteiger partial charge on any atom is 0.250 e. The van der Waals surface area contributed by atoms with Crippen LogP contribution in [0, 0.1) is 5.82 Å².